The summed E-state index contributed by atoms with van der Waals surface area (Å²) in [6.45, 7) is 9.23. The van der Waals surface area contributed by atoms with Gasteiger partial charge in [-0.05, 0) is 75.4 Å². The molecule has 10 heteroatoms. The van der Waals surface area contributed by atoms with Crippen LogP contribution in [-0.2, 0) is 8.85 Å². The van der Waals surface area contributed by atoms with Crippen molar-refractivity contribution in [2.75, 3.05) is 14.2 Å². The van der Waals surface area contributed by atoms with E-state index in [4.69, 9.17) is 18.8 Å². The van der Waals surface area contributed by atoms with Gasteiger partial charge in [0, 0.05) is 14.2 Å². The molecule has 0 saturated carbocycles. The lowest BCUT2D eigenvalue weighted by Gasteiger charge is -2.25. The fourth-order valence-electron chi connectivity index (χ4n) is 3.78. The van der Waals surface area contributed by atoms with Gasteiger partial charge in [-0.1, -0.05) is 45.9 Å². The summed E-state index contributed by atoms with van der Waals surface area (Å²) in [6, 6.07) is 19.2. The van der Waals surface area contributed by atoms with Gasteiger partial charge in [0.05, 0.1) is 30.9 Å². The molecule has 194 valence electrons. The highest BCUT2D eigenvalue weighted by molar-refractivity contribution is 8.76. The second-order valence-corrected chi connectivity index (χ2v) is 23.9. The molecule has 2 aromatic heterocycles. The van der Waals surface area contributed by atoms with Crippen molar-refractivity contribution in [3.05, 3.63) is 58.5 Å². The van der Waals surface area contributed by atoms with E-state index >= 15 is 0 Å². The largest absolute Gasteiger partial charge is 0.420 e. The van der Waals surface area contributed by atoms with Crippen molar-refractivity contribution in [2.45, 2.75) is 61.6 Å². The van der Waals surface area contributed by atoms with Gasteiger partial charge in [-0.25, -0.2) is 9.97 Å². The molecule has 0 aliphatic heterocycles. The number of aromatic nitrogens is 2. The van der Waals surface area contributed by atoms with Crippen molar-refractivity contribution >= 4 is 81.3 Å². The summed E-state index contributed by atoms with van der Waals surface area (Å²) >= 11 is 3.68. The van der Waals surface area contributed by atoms with Crippen molar-refractivity contribution in [1.82, 2.24) is 9.97 Å². The van der Waals surface area contributed by atoms with Gasteiger partial charge in [-0.15, -0.1) is 22.7 Å². The van der Waals surface area contributed by atoms with Gasteiger partial charge in [-0.2, -0.15) is 0 Å². The van der Waals surface area contributed by atoms with E-state index in [0.717, 1.165) is 36.0 Å². The van der Waals surface area contributed by atoms with Gasteiger partial charge in [-0.3, -0.25) is 0 Å². The van der Waals surface area contributed by atoms with E-state index in [1.807, 2.05) is 58.5 Å². The third-order valence-corrected chi connectivity index (χ3v) is 17.6. The van der Waals surface area contributed by atoms with Gasteiger partial charge >= 0.3 is 0 Å². The smallest absolute Gasteiger partial charge is 0.186 e. The first kappa shape index (κ1) is 28.3. The minimum Gasteiger partial charge on any atom is -0.420 e. The number of rotatable bonds is 13. The molecule has 2 heterocycles. The maximum absolute atomic E-state index is 5.89. The van der Waals surface area contributed by atoms with Crippen LogP contribution in [0.25, 0.3) is 20.4 Å². The van der Waals surface area contributed by atoms with Crippen molar-refractivity contribution in [1.29, 1.82) is 0 Å². The summed E-state index contributed by atoms with van der Waals surface area (Å²) in [5.74, 6) is 0. The van der Waals surface area contributed by atoms with Gasteiger partial charge in [0.15, 0.2) is 16.6 Å². The Morgan fingerprint density at radius 1 is 0.694 bits per heavy atom. The van der Waals surface area contributed by atoms with E-state index in [9.17, 15) is 0 Å². The highest BCUT2D eigenvalue weighted by atomic mass is 33.1. The zero-order chi connectivity index (χ0) is 25.8. The summed E-state index contributed by atoms with van der Waals surface area (Å²) in [7, 11) is 4.37. The molecule has 0 aliphatic carbocycles. The first-order valence-electron chi connectivity index (χ1n) is 12.3. The van der Waals surface area contributed by atoms with Crippen molar-refractivity contribution < 1.29 is 8.85 Å². The van der Waals surface area contributed by atoms with E-state index in [1.54, 1.807) is 0 Å². The van der Waals surface area contributed by atoms with E-state index in [-0.39, 0.29) is 0 Å². The molecule has 4 aromatic rings. The number of benzene rings is 2. The number of hydrogen-bond donors (Lipinski definition) is 0. The average molecular weight is 593 g/mol. The molecule has 0 saturated heterocycles. The highest BCUT2D eigenvalue weighted by Gasteiger charge is 2.29. The van der Waals surface area contributed by atoms with Crippen LogP contribution in [-0.4, -0.2) is 40.8 Å². The van der Waals surface area contributed by atoms with Gasteiger partial charge < -0.3 is 8.85 Å². The van der Waals surface area contributed by atoms with Crippen LogP contribution in [0.5, 0.6) is 0 Å². The molecule has 2 aromatic carbocycles. The van der Waals surface area contributed by atoms with Crippen molar-refractivity contribution in [3.8, 4) is 0 Å². The molecule has 0 spiro atoms. The lowest BCUT2D eigenvalue weighted by molar-refractivity contribution is 0.401. The number of fused-ring (bicyclic) bond motifs is 2. The fraction of sp³-hybridized carbons (Fsp3) is 0.462. The molecule has 4 rings (SSSR count). The van der Waals surface area contributed by atoms with Gasteiger partial charge in [0.1, 0.15) is 10.0 Å². The maximum Gasteiger partial charge on any atom is 0.186 e. The summed E-state index contributed by atoms with van der Waals surface area (Å²) in [5, 5.41) is 3.12. The number of para-hydroxylation sites is 2. The van der Waals surface area contributed by atoms with E-state index in [2.05, 4.69) is 74.7 Å². The van der Waals surface area contributed by atoms with Crippen LogP contribution in [0.15, 0.2) is 48.5 Å². The Balaban J connectivity index is 1.58. The van der Waals surface area contributed by atoms with Crippen LogP contribution in [0.2, 0.25) is 38.3 Å². The lowest BCUT2D eigenvalue weighted by Crippen LogP contribution is -2.28. The lowest BCUT2D eigenvalue weighted by atomic mass is 10.3. The van der Waals surface area contributed by atoms with E-state index in [1.165, 1.54) is 19.4 Å². The van der Waals surface area contributed by atoms with Crippen LogP contribution < -0.4 is 0 Å². The second-order valence-electron chi connectivity index (χ2n) is 10.2. The second kappa shape index (κ2) is 12.4. The summed E-state index contributed by atoms with van der Waals surface area (Å²) in [5.41, 5.74) is 2.21. The fourth-order valence-corrected chi connectivity index (χ4v) is 12.4. The minimum atomic E-state index is -1.67. The van der Waals surface area contributed by atoms with Crippen LogP contribution in [0.3, 0.4) is 0 Å². The van der Waals surface area contributed by atoms with Crippen LogP contribution in [0, 0.1) is 0 Å². The molecule has 36 heavy (non-hydrogen) atoms. The zero-order valence-electron chi connectivity index (χ0n) is 21.9. The average Bonchev–Trinajstić information content (AvgIpc) is 3.50. The van der Waals surface area contributed by atoms with Crippen molar-refractivity contribution in [2.24, 2.45) is 0 Å². The summed E-state index contributed by atoms with van der Waals surface area (Å²) in [6.07, 6.45) is 2.16. The Morgan fingerprint density at radius 3 is 1.44 bits per heavy atom. The molecule has 0 radical (unpaired) electrons. The van der Waals surface area contributed by atoms with Gasteiger partial charge in [0.2, 0.25) is 0 Å². The van der Waals surface area contributed by atoms with E-state index < -0.39 is 16.6 Å². The third-order valence-electron chi connectivity index (χ3n) is 6.58. The molecule has 2 unspecified atom stereocenters. The topological polar surface area (TPSA) is 44.2 Å². The predicted octanol–water partition coefficient (Wildman–Crippen LogP) is 9.55. The molecule has 0 amide bonds. The SMILES string of the molecule is CO[Si](C)(C)CCC(SSC(CC[Si](C)(C)OC)c1nc2ccccc2s1)c1nc2ccccc2s1. The first-order chi connectivity index (χ1) is 17.2. The Bertz CT molecular complexity index is 1110. The van der Waals surface area contributed by atoms with Crippen LogP contribution in [0.4, 0.5) is 0 Å². The van der Waals surface area contributed by atoms with Gasteiger partial charge in [0.25, 0.3) is 0 Å². The Morgan fingerprint density at radius 2 is 1.08 bits per heavy atom. The summed E-state index contributed by atoms with van der Waals surface area (Å²) in [4.78, 5) is 10.1. The molecular weight excluding hydrogens is 557 g/mol. The molecule has 4 nitrogen and oxygen atoms in total. The number of nitrogens with zero attached hydrogens (tertiary/aromatic N) is 2. The van der Waals surface area contributed by atoms with Crippen LogP contribution >= 0.6 is 44.3 Å². The van der Waals surface area contributed by atoms with E-state index in [0.29, 0.717) is 10.5 Å². The predicted molar refractivity (Wildman–Crippen MR) is 168 cm³/mol. The quantitative estimate of drug-likeness (QED) is 0.114. The zero-order valence-corrected chi connectivity index (χ0v) is 27.2. The van der Waals surface area contributed by atoms with Crippen molar-refractivity contribution in [3.63, 3.8) is 0 Å². The molecule has 2 atom stereocenters. The molecule has 0 N–H and O–H groups in total. The van der Waals surface area contributed by atoms with Crippen LogP contribution in [0.1, 0.15) is 33.4 Å². The molecule has 0 aliphatic rings. The Labute approximate surface area is 233 Å². The maximum atomic E-state index is 5.89. The normalized spacial score (nSPS) is 14.5. The summed E-state index contributed by atoms with van der Waals surface area (Å²) < 4.78 is 14.3. The Hall–Kier alpha value is -0.726. The monoisotopic (exact) mass is 592 g/mol. The third kappa shape index (κ3) is 7.44. The standard InChI is InChI=1S/C26H36N2O2S4Si2/c1-29-35(3,4)17-15-23(25-27-19-11-7-9-13-21(19)31-25)33-34-24(16-18-36(5,6)30-2)26-28-20-12-8-10-14-22(20)32-26/h7-14,23-24H,15-18H2,1-6H3. The Kier molecular flexibility index (Phi) is 9.76. The number of hydrogen-bond acceptors (Lipinski definition) is 8. The first-order valence-corrected chi connectivity index (χ1v) is 22.5. The molecular formula is C26H36N2O2S4Si2. The molecule has 0 fully saturated rings. The highest BCUT2D eigenvalue weighted by Crippen LogP contribution is 2.52. The number of thiazole rings is 2. The minimum absolute atomic E-state index is 0.332. The molecule has 0 bridgehead atoms.